The molecule has 3 nitrogen and oxygen atoms in total. The fourth-order valence-corrected chi connectivity index (χ4v) is 2.18. The SMILES string of the molecule is COCc1cccc(OC(c2cccc(F)c2)C(C)N)c1. The number of methoxy groups -OCH3 is 1. The van der Waals surface area contributed by atoms with Crippen LogP contribution >= 0.6 is 0 Å². The first-order valence-corrected chi connectivity index (χ1v) is 6.85. The molecule has 112 valence electrons. The third-order valence-corrected chi connectivity index (χ3v) is 3.13. The van der Waals surface area contributed by atoms with Crippen molar-refractivity contribution in [2.24, 2.45) is 5.73 Å². The molecular formula is C17H20FNO2. The van der Waals surface area contributed by atoms with E-state index in [9.17, 15) is 4.39 Å². The Morgan fingerprint density at radius 1 is 1.14 bits per heavy atom. The van der Waals surface area contributed by atoms with Gasteiger partial charge < -0.3 is 15.2 Å². The molecule has 0 aliphatic rings. The van der Waals surface area contributed by atoms with Gasteiger partial charge in [0.25, 0.3) is 0 Å². The maximum Gasteiger partial charge on any atom is 0.139 e. The van der Waals surface area contributed by atoms with Crippen LogP contribution in [0.25, 0.3) is 0 Å². The molecule has 0 saturated carbocycles. The molecule has 0 amide bonds. The number of benzene rings is 2. The fraction of sp³-hybridized carbons (Fsp3) is 0.294. The Morgan fingerprint density at radius 3 is 2.57 bits per heavy atom. The van der Waals surface area contributed by atoms with Crippen LogP contribution in [0, 0.1) is 5.82 Å². The molecule has 2 unspecified atom stereocenters. The van der Waals surface area contributed by atoms with Gasteiger partial charge in [0, 0.05) is 13.2 Å². The summed E-state index contributed by atoms with van der Waals surface area (Å²) in [7, 11) is 1.64. The van der Waals surface area contributed by atoms with Crippen molar-refractivity contribution in [1.82, 2.24) is 0 Å². The van der Waals surface area contributed by atoms with Gasteiger partial charge in [-0.15, -0.1) is 0 Å². The zero-order valence-corrected chi connectivity index (χ0v) is 12.3. The van der Waals surface area contributed by atoms with Crippen LogP contribution in [0.2, 0.25) is 0 Å². The summed E-state index contributed by atoms with van der Waals surface area (Å²) in [6.45, 7) is 2.36. The van der Waals surface area contributed by atoms with E-state index in [2.05, 4.69) is 0 Å². The molecule has 4 heteroatoms. The highest BCUT2D eigenvalue weighted by atomic mass is 19.1. The molecule has 0 aromatic heterocycles. The summed E-state index contributed by atoms with van der Waals surface area (Å²) in [6, 6.07) is 13.7. The van der Waals surface area contributed by atoms with Crippen molar-refractivity contribution >= 4 is 0 Å². The number of rotatable bonds is 6. The second-order valence-corrected chi connectivity index (χ2v) is 5.03. The van der Waals surface area contributed by atoms with Crippen molar-refractivity contribution in [2.45, 2.75) is 25.7 Å². The van der Waals surface area contributed by atoms with Crippen LogP contribution in [0.5, 0.6) is 5.75 Å². The average molecular weight is 289 g/mol. The normalized spacial score (nSPS) is 13.7. The number of hydrogen-bond acceptors (Lipinski definition) is 3. The van der Waals surface area contributed by atoms with E-state index in [0.29, 0.717) is 12.4 Å². The standard InChI is InChI=1S/C17H20FNO2/c1-12(19)17(14-6-4-7-15(18)10-14)21-16-8-3-5-13(9-16)11-20-2/h3-10,12,17H,11,19H2,1-2H3. The maximum absolute atomic E-state index is 13.4. The number of halogens is 1. The largest absolute Gasteiger partial charge is 0.484 e. The first-order valence-electron chi connectivity index (χ1n) is 6.85. The third kappa shape index (κ3) is 4.28. The van der Waals surface area contributed by atoms with Crippen LogP contribution in [-0.4, -0.2) is 13.2 Å². The van der Waals surface area contributed by atoms with Gasteiger partial charge in [0.2, 0.25) is 0 Å². The smallest absolute Gasteiger partial charge is 0.139 e. The highest BCUT2D eigenvalue weighted by Crippen LogP contribution is 2.25. The van der Waals surface area contributed by atoms with Gasteiger partial charge in [-0.05, 0) is 42.3 Å². The predicted molar refractivity (Wildman–Crippen MR) is 80.6 cm³/mol. The topological polar surface area (TPSA) is 44.5 Å². The Labute approximate surface area is 124 Å². The minimum absolute atomic E-state index is 0.266. The molecule has 2 rings (SSSR count). The van der Waals surface area contributed by atoms with Gasteiger partial charge >= 0.3 is 0 Å². The Balaban J connectivity index is 2.22. The first kappa shape index (κ1) is 15.5. The van der Waals surface area contributed by atoms with E-state index in [1.54, 1.807) is 13.2 Å². The third-order valence-electron chi connectivity index (χ3n) is 3.13. The summed E-state index contributed by atoms with van der Waals surface area (Å²) in [5.74, 6) is 0.394. The molecule has 0 aliphatic carbocycles. The molecule has 0 aliphatic heterocycles. The van der Waals surface area contributed by atoms with E-state index in [1.165, 1.54) is 12.1 Å². The van der Waals surface area contributed by atoms with E-state index in [-0.39, 0.29) is 11.9 Å². The second kappa shape index (κ2) is 7.20. The zero-order chi connectivity index (χ0) is 15.2. The van der Waals surface area contributed by atoms with Crippen LogP contribution < -0.4 is 10.5 Å². The van der Waals surface area contributed by atoms with Gasteiger partial charge in [-0.3, -0.25) is 0 Å². The van der Waals surface area contributed by atoms with Crippen LogP contribution in [-0.2, 0) is 11.3 Å². The molecule has 0 fully saturated rings. The second-order valence-electron chi connectivity index (χ2n) is 5.03. The highest BCUT2D eigenvalue weighted by molar-refractivity contribution is 5.30. The first-order chi connectivity index (χ1) is 10.1. The van der Waals surface area contributed by atoms with E-state index < -0.39 is 6.10 Å². The van der Waals surface area contributed by atoms with Crippen molar-refractivity contribution in [1.29, 1.82) is 0 Å². The molecule has 2 N–H and O–H groups in total. The minimum Gasteiger partial charge on any atom is -0.484 e. The summed E-state index contributed by atoms with van der Waals surface area (Å²) >= 11 is 0. The molecule has 2 atom stereocenters. The molecule has 21 heavy (non-hydrogen) atoms. The lowest BCUT2D eigenvalue weighted by Crippen LogP contribution is -2.29. The summed E-state index contributed by atoms with van der Waals surface area (Å²) in [6.07, 6.45) is -0.404. The molecule has 0 spiro atoms. The zero-order valence-electron chi connectivity index (χ0n) is 12.3. The number of hydrogen-bond donors (Lipinski definition) is 1. The van der Waals surface area contributed by atoms with Crippen molar-refractivity contribution < 1.29 is 13.9 Å². The van der Waals surface area contributed by atoms with Gasteiger partial charge in [-0.2, -0.15) is 0 Å². The van der Waals surface area contributed by atoms with Crippen LogP contribution in [0.1, 0.15) is 24.2 Å². The molecular weight excluding hydrogens is 269 g/mol. The summed E-state index contributed by atoms with van der Waals surface area (Å²) in [5.41, 5.74) is 7.73. The number of nitrogens with two attached hydrogens (primary N) is 1. The van der Waals surface area contributed by atoms with Gasteiger partial charge in [-0.1, -0.05) is 24.3 Å². The summed E-state index contributed by atoms with van der Waals surface area (Å²) in [4.78, 5) is 0. The molecule has 0 bridgehead atoms. The number of ether oxygens (including phenoxy) is 2. The summed E-state index contributed by atoms with van der Waals surface area (Å²) in [5, 5.41) is 0. The highest BCUT2D eigenvalue weighted by Gasteiger charge is 2.19. The lowest BCUT2D eigenvalue weighted by molar-refractivity contribution is 0.174. The Kier molecular flexibility index (Phi) is 5.31. The molecule has 2 aromatic rings. The molecule has 0 heterocycles. The van der Waals surface area contributed by atoms with Crippen molar-refractivity contribution in [3.8, 4) is 5.75 Å². The van der Waals surface area contributed by atoms with Gasteiger partial charge in [0.05, 0.1) is 6.61 Å². The average Bonchev–Trinajstić information content (AvgIpc) is 2.45. The van der Waals surface area contributed by atoms with Crippen LogP contribution in [0.15, 0.2) is 48.5 Å². The Bertz CT molecular complexity index is 587. The quantitative estimate of drug-likeness (QED) is 0.886. The molecule has 0 saturated heterocycles. The fourth-order valence-electron chi connectivity index (χ4n) is 2.18. The van der Waals surface area contributed by atoms with Gasteiger partial charge in [0.15, 0.2) is 0 Å². The minimum atomic E-state index is -0.404. The maximum atomic E-state index is 13.4. The molecule has 2 aromatic carbocycles. The van der Waals surface area contributed by atoms with Crippen molar-refractivity contribution in [2.75, 3.05) is 7.11 Å². The lowest BCUT2D eigenvalue weighted by atomic mass is 10.0. The predicted octanol–water partition coefficient (Wildman–Crippen LogP) is 3.44. The molecule has 0 radical (unpaired) electrons. The van der Waals surface area contributed by atoms with E-state index >= 15 is 0 Å². The van der Waals surface area contributed by atoms with Crippen LogP contribution in [0.4, 0.5) is 4.39 Å². The van der Waals surface area contributed by atoms with Crippen molar-refractivity contribution in [3.05, 3.63) is 65.5 Å². The van der Waals surface area contributed by atoms with Gasteiger partial charge in [-0.25, -0.2) is 4.39 Å². The monoisotopic (exact) mass is 289 g/mol. The van der Waals surface area contributed by atoms with E-state index in [4.69, 9.17) is 15.2 Å². The Morgan fingerprint density at radius 2 is 1.90 bits per heavy atom. The van der Waals surface area contributed by atoms with Crippen molar-refractivity contribution in [3.63, 3.8) is 0 Å². The summed E-state index contributed by atoms with van der Waals surface area (Å²) < 4.78 is 24.4. The lowest BCUT2D eigenvalue weighted by Gasteiger charge is -2.23. The Hall–Kier alpha value is -1.91. The van der Waals surface area contributed by atoms with Gasteiger partial charge in [0.1, 0.15) is 17.7 Å². The van der Waals surface area contributed by atoms with E-state index in [0.717, 1.165) is 11.1 Å². The van der Waals surface area contributed by atoms with Crippen LogP contribution in [0.3, 0.4) is 0 Å². The van der Waals surface area contributed by atoms with E-state index in [1.807, 2.05) is 37.3 Å².